The van der Waals surface area contributed by atoms with E-state index in [1.165, 1.54) is 25.3 Å². The minimum Gasteiger partial charge on any atom is -0.495 e. The molecule has 0 unspecified atom stereocenters. The Balaban J connectivity index is 2.04. The van der Waals surface area contributed by atoms with Crippen molar-refractivity contribution in [2.75, 3.05) is 13.7 Å². The summed E-state index contributed by atoms with van der Waals surface area (Å²) in [4.78, 5) is 24.3. The van der Waals surface area contributed by atoms with E-state index in [4.69, 9.17) is 9.47 Å². The van der Waals surface area contributed by atoms with Crippen molar-refractivity contribution in [1.82, 2.24) is 15.6 Å². The molecule has 0 aliphatic carbocycles. The van der Waals surface area contributed by atoms with Crippen molar-refractivity contribution in [2.45, 2.75) is 45.1 Å². The van der Waals surface area contributed by atoms with Crippen molar-refractivity contribution in [2.24, 2.45) is 0 Å². The van der Waals surface area contributed by atoms with Gasteiger partial charge in [0.15, 0.2) is 6.61 Å². The molecule has 2 aromatic carbocycles. The lowest BCUT2D eigenvalue weighted by molar-refractivity contribution is -0.123. The van der Waals surface area contributed by atoms with Crippen LogP contribution in [0, 0.1) is 13.8 Å². The Labute approximate surface area is 188 Å². The maximum atomic E-state index is 12.7. The van der Waals surface area contributed by atoms with Crippen LogP contribution in [0.3, 0.4) is 0 Å². The molecule has 0 aromatic heterocycles. The molecule has 0 fully saturated rings. The molecule has 0 aliphatic rings. The van der Waals surface area contributed by atoms with Crippen molar-refractivity contribution in [1.29, 1.82) is 0 Å². The molecule has 9 nitrogen and oxygen atoms in total. The van der Waals surface area contributed by atoms with Gasteiger partial charge >= 0.3 is 0 Å². The largest absolute Gasteiger partial charge is 0.495 e. The van der Waals surface area contributed by atoms with Crippen molar-refractivity contribution in [3.63, 3.8) is 0 Å². The summed E-state index contributed by atoms with van der Waals surface area (Å²) in [6.45, 7) is 8.69. The molecule has 32 heavy (non-hydrogen) atoms. The van der Waals surface area contributed by atoms with Crippen molar-refractivity contribution < 1.29 is 27.5 Å². The van der Waals surface area contributed by atoms with Gasteiger partial charge in [-0.25, -0.2) is 13.1 Å². The summed E-state index contributed by atoms with van der Waals surface area (Å²) < 4.78 is 38.5. The number of carbonyl (C=O) groups excluding carboxylic acids is 2. The van der Waals surface area contributed by atoms with Crippen LogP contribution in [0.1, 0.15) is 42.3 Å². The van der Waals surface area contributed by atoms with Crippen LogP contribution in [-0.4, -0.2) is 39.5 Å². The van der Waals surface area contributed by atoms with Gasteiger partial charge in [-0.3, -0.25) is 20.4 Å². The van der Waals surface area contributed by atoms with Gasteiger partial charge in [0.2, 0.25) is 10.0 Å². The van der Waals surface area contributed by atoms with Gasteiger partial charge in [-0.1, -0.05) is 6.07 Å². The number of amides is 2. The SMILES string of the molecule is COc1ccc(C(=O)NNC(=O)COc2ccc(C)c(C)c2)cc1S(=O)(=O)NC(C)(C)C. The number of hydrazine groups is 1. The molecule has 2 aromatic rings. The van der Waals surface area contributed by atoms with Crippen molar-refractivity contribution >= 4 is 21.8 Å². The zero-order valence-electron chi connectivity index (χ0n) is 19.0. The van der Waals surface area contributed by atoms with Gasteiger partial charge in [0, 0.05) is 11.1 Å². The fraction of sp³-hybridized carbons (Fsp3) is 0.364. The topological polar surface area (TPSA) is 123 Å². The summed E-state index contributed by atoms with van der Waals surface area (Å²) >= 11 is 0. The van der Waals surface area contributed by atoms with Crippen molar-refractivity contribution in [3.8, 4) is 11.5 Å². The first kappa shape index (κ1) is 25.2. The minimum absolute atomic E-state index is 0.0236. The standard InChI is InChI=1S/C22H29N3O6S/c1-14-7-9-17(11-15(14)2)31-13-20(26)23-24-21(27)16-8-10-18(30-6)19(12-16)32(28,29)25-22(3,4)5/h7-12,25H,13H2,1-6H3,(H,23,26)(H,24,27). The van der Waals surface area contributed by atoms with Gasteiger partial charge in [0.1, 0.15) is 16.4 Å². The number of hydrogen-bond donors (Lipinski definition) is 3. The van der Waals surface area contributed by atoms with E-state index in [1.807, 2.05) is 26.0 Å². The predicted octanol–water partition coefficient (Wildman–Crippen LogP) is 2.23. The van der Waals surface area contributed by atoms with Gasteiger partial charge in [-0.2, -0.15) is 0 Å². The fourth-order valence-electron chi connectivity index (χ4n) is 2.67. The van der Waals surface area contributed by atoms with Gasteiger partial charge in [-0.15, -0.1) is 0 Å². The van der Waals surface area contributed by atoms with Crippen LogP contribution < -0.4 is 25.0 Å². The quantitative estimate of drug-likeness (QED) is 0.541. The number of sulfonamides is 1. The second-order valence-corrected chi connectivity index (χ2v) is 9.91. The monoisotopic (exact) mass is 463 g/mol. The lowest BCUT2D eigenvalue weighted by Gasteiger charge is -2.21. The van der Waals surface area contributed by atoms with E-state index in [-0.39, 0.29) is 22.8 Å². The van der Waals surface area contributed by atoms with Crippen LogP contribution in [0.4, 0.5) is 0 Å². The summed E-state index contributed by atoms with van der Waals surface area (Å²) in [6.07, 6.45) is 0. The smallest absolute Gasteiger partial charge is 0.276 e. The lowest BCUT2D eigenvalue weighted by Crippen LogP contribution is -2.44. The lowest BCUT2D eigenvalue weighted by atomic mass is 10.1. The van der Waals surface area contributed by atoms with E-state index in [9.17, 15) is 18.0 Å². The molecule has 0 atom stereocenters. The van der Waals surface area contributed by atoms with Gasteiger partial charge < -0.3 is 9.47 Å². The number of carbonyl (C=O) groups is 2. The van der Waals surface area contributed by atoms with Crippen LogP contribution in [0.5, 0.6) is 11.5 Å². The zero-order valence-corrected chi connectivity index (χ0v) is 19.8. The van der Waals surface area contributed by atoms with Crippen LogP contribution >= 0.6 is 0 Å². The Hall–Kier alpha value is -3.11. The Morgan fingerprint density at radius 2 is 1.66 bits per heavy atom. The molecule has 0 aliphatic heterocycles. The molecular weight excluding hydrogens is 434 g/mol. The first-order valence-electron chi connectivity index (χ1n) is 9.83. The molecule has 3 N–H and O–H groups in total. The number of benzene rings is 2. The van der Waals surface area contributed by atoms with E-state index >= 15 is 0 Å². The molecule has 10 heteroatoms. The highest BCUT2D eigenvalue weighted by atomic mass is 32.2. The maximum absolute atomic E-state index is 12.7. The summed E-state index contributed by atoms with van der Waals surface area (Å²) in [5, 5.41) is 0. The van der Waals surface area contributed by atoms with E-state index in [0.29, 0.717) is 5.75 Å². The number of methoxy groups -OCH3 is 1. The van der Waals surface area contributed by atoms with Crippen LogP contribution in [0.25, 0.3) is 0 Å². The van der Waals surface area contributed by atoms with Crippen LogP contribution in [0.2, 0.25) is 0 Å². The van der Waals surface area contributed by atoms with Crippen LogP contribution in [0.15, 0.2) is 41.3 Å². The Bertz CT molecular complexity index is 1110. The van der Waals surface area contributed by atoms with E-state index in [1.54, 1.807) is 26.8 Å². The normalized spacial score (nSPS) is 11.6. The minimum atomic E-state index is -3.96. The number of aryl methyl sites for hydroxylation is 2. The average Bonchev–Trinajstić information content (AvgIpc) is 2.70. The van der Waals surface area contributed by atoms with Gasteiger partial charge in [0.05, 0.1) is 7.11 Å². The average molecular weight is 464 g/mol. The zero-order chi connectivity index (χ0) is 24.1. The molecule has 0 heterocycles. The second-order valence-electron chi connectivity index (χ2n) is 8.26. The van der Waals surface area contributed by atoms with Crippen LogP contribution in [-0.2, 0) is 14.8 Å². The summed E-state index contributed by atoms with van der Waals surface area (Å²) in [5.74, 6) is -0.651. The maximum Gasteiger partial charge on any atom is 0.276 e. The Morgan fingerprint density at radius 3 is 2.25 bits per heavy atom. The predicted molar refractivity (Wildman–Crippen MR) is 120 cm³/mol. The van der Waals surface area contributed by atoms with E-state index < -0.39 is 27.4 Å². The highest BCUT2D eigenvalue weighted by molar-refractivity contribution is 7.89. The third kappa shape index (κ3) is 6.96. The first-order valence-corrected chi connectivity index (χ1v) is 11.3. The molecule has 174 valence electrons. The summed E-state index contributed by atoms with van der Waals surface area (Å²) in [7, 11) is -2.62. The molecule has 0 saturated carbocycles. The molecule has 2 amide bonds. The highest BCUT2D eigenvalue weighted by Gasteiger charge is 2.26. The fourth-order valence-corrected chi connectivity index (χ4v) is 4.29. The van der Waals surface area contributed by atoms with E-state index in [2.05, 4.69) is 15.6 Å². The number of nitrogens with one attached hydrogen (secondary N) is 3. The van der Waals surface area contributed by atoms with Crippen molar-refractivity contribution in [3.05, 3.63) is 53.1 Å². The molecular formula is C22H29N3O6S. The van der Waals surface area contributed by atoms with Gasteiger partial charge in [0.25, 0.3) is 11.8 Å². The van der Waals surface area contributed by atoms with Gasteiger partial charge in [-0.05, 0) is 76.1 Å². The van der Waals surface area contributed by atoms with E-state index in [0.717, 1.165) is 11.1 Å². The number of ether oxygens (including phenoxy) is 2. The second kappa shape index (κ2) is 10.0. The molecule has 0 bridgehead atoms. The Morgan fingerprint density at radius 1 is 0.969 bits per heavy atom. The summed E-state index contributed by atoms with van der Waals surface area (Å²) in [6, 6.07) is 9.39. The molecule has 2 rings (SSSR count). The third-order valence-electron chi connectivity index (χ3n) is 4.32. The first-order chi connectivity index (χ1) is 14.8. The summed E-state index contributed by atoms with van der Waals surface area (Å²) in [5.41, 5.74) is 5.92. The molecule has 0 radical (unpaired) electrons. The third-order valence-corrected chi connectivity index (χ3v) is 6.10. The number of hydrogen-bond acceptors (Lipinski definition) is 6. The number of rotatable bonds is 7. The molecule has 0 saturated heterocycles. The highest BCUT2D eigenvalue weighted by Crippen LogP contribution is 2.26. The Kier molecular flexibility index (Phi) is 7.87. The molecule has 0 spiro atoms.